The summed E-state index contributed by atoms with van der Waals surface area (Å²) >= 11 is 0. The molecule has 3 heterocycles. The Balaban J connectivity index is 1.07. The molecule has 0 aliphatic carbocycles. The fourth-order valence-electron chi connectivity index (χ4n) is 5.10. The van der Waals surface area contributed by atoms with Crippen molar-refractivity contribution < 1.29 is 24.0 Å². The Bertz CT molecular complexity index is 1060. The zero-order chi connectivity index (χ0) is 24.9. The molecule has 5 rings (SSSR count). The smallest absolute Gasteiger partial charge is 0.410 e. The monoisotopic (exact) mass is 492 g/mol. The standard InChI is InChI=1S/C27H32N4O5/c32-25(28-22-13-15-29(16-14-22)27(34)35-18-20-7-3-1-4-8-20)24-12-11-23-17-30(24)26(33)31(23)36-19-21-9-5-2-6-10-21/h1-10,22-24H,11-19H2,(H,28,32). The predicted octanol–water partition coefficient (Wildman–Crippen LogP) is 3.30. The number of hydrogen-bond acceptors (Lipinski definition) is 5. The Morgan fingerprint density at radius 2 is 1.50 bits per heavy atom. The zero-order valence-corrected chi connectivity index (χ0v) is 20.3. The molecular formula is C27H32N4O5. The molecule has 2 aromatic rings. The maximum absolute atomic E-state index is 13.1. The molecule has 2 aromatic carbocycles. The van der Waals surface area contributed by atoms with Crippen LogP contribution in [0.2, 0.25) is 0 Å². The van der Waals surface area contributed by atoms with Gasteiger partial charge in [0.15, 0.2) is 0 Å². The Morgan fingerprint density at radius 1 is 0.861 bits per heavy atom. The minimum absolute atomic E-state index is 0.0310. The van der Waals surface area contributed by atoms with Crippen LogP contribution in [0.25, 0.3) is 0 Å². The number of rotatable bonds is 7. The molecule has 3 fully saturated rings. The van der Waals surface area contributed by atoms with Crippen LogP contribution in [0.5, 0.6) is 0 Å². The molecule has 0 saturated carbocycles. The number of hydrogen-bond donors (Lipinski definition) is 1. The Hall–Kier alpha value is -3.59. The number of urea groups is 1. The van der Waals surface area contributed by atoms with E-state index in [0.717, 1.165) is 17.5 Å². The molecule has 9 nitrogen and oxygen atoms in total. The number of amides is 4. The van der Waals surface area contributed by atoms with E-state index < -0.39 is 6.04 Å². The van der Waals surface area contributed by atoms with Gasteiger partial charge in [-0.15, -0.1) is 0 Å². The van der Waals surface area contributed by atoms with Gasteiger partial charge in [0, 0.05) is 25.7 Å². The molecule has 3 aliphatic heterocycles. The summed E-state index contributed by atoms with van der Waals surface area (Å²) in [6.45, 7) is 2.11. The highest BCUT2D eigenvalue weighted by Gasteiger charge is 2.48. The number of benzene rings is 2. The lowest BCUT2D eigenvalue weighted by Gasteiger charge is -2.34. The number of fused-ring (bicyclic) bond motifs is 2. The number of ether oxygens (including phenoxy) is 1. The van der Waals surface area contributed by atoms with Crippen molar-refractivity contribution in [1.29, 1.82) is 0 Å². The van der Waals surface area contributed by atoms with E-state index in [1.54, 1.807) is 9.80 Å². The summed E-state index contributed by atoms with van der Waals surface area (Å²) in [5, 5.41) is 4.56. The molecule has 3 aliphatic rings. The van der Waals surface area contributed by atoms with Crippen LogP contribution in [-0.4, -0.2) is 70.7 Å². The van der Waals surface area contributed by atoms with E-state index in [2.05, 4.69) is 5.32 Å². The zero-order valence-electron chi connectivity index (χ0n) is 20.3. The summed E-state index contributed by atoms with van der Waals surface area (Å²) in [6.07, 6.45) is 2.31. The molecule has 0 radical (unpaired) electrons. The van der Waals surface area contributed by atoms with Gasteiger partial charge >= 0.3 is 12.1 Å². The third-order valence-corrected chi connectivity index (χ3v) is 7.14. The fourth-order valence-corrected chi connectivity index (χ4v) is 5.10. The van der Waals surface area contributed by atoms with Crippen molar-refractivity contribution in [2.45, 2.75) is 57.0 Å². The van der Waals surface area contributed by atoms with E-state index in [4.69, 9.17) is 9.57 Å². The van der Waals surface area contributed by atoms with Crippen LogP contribution in [0.4, 0.5) is 9.59 Å². The molecule has 2 unspecified atom stereocenters. The molecule has 0 aromatic heterocycles. The Labute approximate surface area is 210 Å². The molecule has 9 heteroatoms. The van der Waals surface area contributed by atoms with Crippen LogP contribution in [0.1, 0.15) is 36.8 Å². The highest BCUT2D eigenvalue weighted by atomic mass is 16.7. The van der Waals surface area contributed by atoms with E-state index in [0.29, 0.717) is 45.5 Å². The minimum Gasteiger partial charge on any atom is -0.445 e. The van der Waals surface area contributed by atoms with Crippen molar-refractivity contribution >= 4 is 18.0 Å². The number of carbonyl (C=O) groups is 3. The minimum atomic E-state index is -0.493. The lowest BCUT2D eigenvalue weighted by Crippen LogP contribution is -2.54. The van der Waals surface area contributed by atoms with Crippen LogP contribution in [0, 0.1) is 0 Å². The summed E-state index contributed by atoms with van der Waals surface area (Å²) in [5.41, 5.74) is 1.94. The summed E-state index contributed by atoms with van der Waals surface area (Å²) in [6, 6.07) is 18.5. The average molecular weight is 493 g/mol. The third-order valence-electron chi connectivity index (χ3n) is 7.14. The maximum Gasteiger partial charge on any atom is 0.410 e. The molecule has 190 valence electrons. The maximum atomic E-state index is 13.1. The first-order chi connectivity index (χ1) is 17.6. The number of piperidine rings is 2. The first kappa shape index (κ1) is 24.1. The molecule has 0 spiro atoms. The number of hydroxylamine groups is 2. The third kappa shape index (κ3) is 5.46. The van der Waals surface area contributed by atoms with Gasteiger partial charge < -0.3 is 19.9 Å². The van der Waals surface area contributed by atoms with Gasteiger partial charge in [0.25, 0.3) is 0 Å². The van der Waals surface area contributed by atoms with Crippen LogP contribution in [0.3, 0.4) is 0 Å². The van der Waals surface area contributed by atoms with Gasteiger partial charge in [-0.1, -0.05) is 60.7 Å². The molecule has 4 amide bonds. The molecule has 36 heavy (non-hydrogen) atoms. The first-order valence-electron chi connectivity index (χ1n) is 12.6. The second kappa shape index (κ2) is 11.0. The number of likely N-dealkylation sites (tertiary alicyclic amines) is 1. The van der Waals surface area contributed by atoms with Gasteiger partial charge in [0.1, 0.15) is 19.3 Å². The SMILES string of the molecule is O=C(NC1CCN(C(=O)OCc2ccccc2)CC1)C1CCC2CN1C(=O)N2OCc1ccccc1. The van der Waals surface area contributed by atoms with Crippen molar-refractivity contribution in [2.24, 2.45) is 0 Å². The highest BCUT2D eigenvalue weighted by Crippen LogP contribution is 2.31. The summed E-state index contributed by atoms with van der Waals surface area (Å²) in [7, 11) is 0. The second-order valence-corrected chi connectivity index (χ2v) is 9.58. The van der Waals surface area contributed by atoms with Gasteiger partial charge in [-0.2, -0.15) is 5.06 Å². The van der Waals surface area contributed by atoms with E-state index in [1.165, 1.54) is 5.06 Å². The van der Waals surface area contributed by atoms with E-state index >= 15 is 0 Å². The summed E-state index contributed by atoms with van der Waals surface area (Å²) in [5.74, 6) is -0.128. The predicted molar refractivity (Wildman–Crippen MR) is 131 cm³/mol. The summed E-state index contributed by atoms with van der Waals surface area (Å²) in [4.78, 5) is 47.6. The van der Waals surface area contributed by atoms with Crippen LogP contribution >= 0.6 is 0 Å². The van der Waals surface area contributed by atoms with Crippen molar-refractivity contribution in [3.8, 4) is 0 Å². The van der Waals surface area contributed by atoms with Gasteiger partial charge in [0.2, 0.25) is 5.91 Å². The van der Waals surface area contributed by atoms with Gasteiger partial charge in [-0.25, -0.2) is 9.59 Å². The molecule has 3 saturated heterocycles. The van der Waals surface area contributed by atoms with Crippen LogP contribution in [0.15, 0.2) is 60.7 Å². The molecule has 2 atom stereocenters. The first-order valence-corrected chi connectivity index (χ1v) is 12.6. The number of nitrogens with one attached hydrogen (secondary N) is 1. The average Bonchev–Trinajstić information content (AvgIpc) is 3.16. The topological polar surface area (TPSA) is 91.4 Å². The number of nitrogens with zero attached hydrogens (tertiary/aromatic N) is 3. The van der Waals surface area contributed by atoms with Crippen molar-refractivity contribution in [3.05, 3.63) is 71.8 Å². The second-order valence-electron chi connectivity index (χ2n) is 9.58. The van der Waals surface area contributed by atoms with E-state index in [9.17, 15) is 14.4 Å². The van der Waals surface area contributed by atoms with Crippen molar-refractivity contribution in [2.75, 3.05) is 19.6 Å². The van der Waals surface area contributed by atoms with Gasteiger partial charge in [0.05, 0.1) is 6.04 Å². The van der Waals surface area contributed by atoms with Gasteiger partial charge in [-0.05, 0) is 36.8 Å². The van der Waals surface area contributed by atoms with Crippen molar-refractivity contribution in [3.63, 3.8) is 0 Å². The Morgan fingerprint density at radius 3 is 2.17 bits per heavy atom. The highest BCUT2D eigenvalue weighted by molar-refractivity contribution is 5.88. The molecule has 2 bridgehead atoms. The normalized spacial score (nSPS) is 22.0. The summed E-state index contributed by atoms with van der Waals surface area (Å²) < 4.78 is 5.42. The quantitative estimate of drug-likeness (QED) is 0.641. The lowest BCUT2D eigenvalue weighted by molar-refractivity contribution is -0.140. The van der Waals surface area contributed by atoms with Crippen LogP contribution in [-0.2, 0) is 27.6 Å². The largest absolute Gasteiger partial charge is 0.445 e. The molecular weight excluding hydrogens is 460 g/mol. The van der Waals surface area contributed by atoms with Crippen LogP contribution < -0.4 is 5.32 Å². The number of carbonyl (C=O) groups excluding carboxylic acids is 3. The lowest BCUT2D eigenvalue weighted by atomic mass is 9.99. The van der Waals surface area contributed by atoms with Crippen molar-refractivity contribution in [1.82, 2.24) is 20.2 Å². The Kier molecular flexibility index (Phi) is 7.36. The van der Waals surface area contributed by atoms with Gasteiger partial charge in [-0.3, -0.25) is 9.63 Å². The van der Waals surface area contributed by atoms with E-state index in [1.807, 2.05) is 60.7 Å². The van der Waals surface area contributed by atoms with E-state index in [-0.39, 0.29) is 36.7 Å². The molecule has 1 N–H and O–H groups in total. The fraction of sp³-hybridized carbons (Fsp3) is 0.444.